The van der Waals surface area contributed by atoms with Crippen molar-refractivity contribution in [1.29, 1.82) is 0 Å². The van der Waals surface area contributed by atoms with Crippen molar-refractivity contribution in [2.24, 2.45) is 23.0 Å². The van der Waals surface area contributed by atoms with Crippen LogP contribution in [0.1, 0.15) is 93.9 Å². The van der Waals surface area contributed by atoms with Gasteiger partial charge in [0, 0.05) is 46.5 Å². The highest BCUT2D eigenvalue weighted by atomic mass is 16.5. The molecule has 0 unspecified atom stereocenters. The van der Waals surface area contributed by atoms with Crippen LogP contribution in [0.3, 0.4) is 0 Å². The molecule has 3 aromatic carbocycles. The molecule has 14 nitrogen and oxygen atoms in total. The molecule has 4 aliphatic rings. The number of H-pyrrole nitrogens is 2. The van der Waals surface area contributed by atoms with Crippen molar-refractivity contribution < 1.29 is 28.6 Å². The van der Waals surface area contributed by atoms with Crippen molar-refractivity contribution >= 4 is 17.9 Å². The highest BCUT2D eigenvalue weighted by molar-refractivity contribution is 5.89. The largest absolute Gasteiger partial charge is 0.488 e. The Kier molecular flexibility index (Phi) is 9.93. The quantitative estimate of drug-likeness (QED) is 0.120. The average molecular weight is 813 g/mol. The zero-order chi connectivity index (χ0) is 42.0. The summed E-state index contributed by atoms with van der Waals surface area (Å²) in [5, 5.41) is 2.73. The second kappa shape index (κ2) is 15.1. The summed E-state index contributed by atoms with van der Waals surface area (Å²) in [6.45, 7) is 12.1. The molecule has 0 radical (unpaired) electrons. The predicted molar refractivity (Wildman–Crippen MR) is 224 cm³/mol. The molecule has 5 aromatic rings. The Morgan fingerprint density at radius 2 is 1.45 bits per heavy atom. The van der Waals surface area contributed by atoms with Crippen LogP contribution in [-0.4, -0.2) is 73.9 Å². The lowest BCUT2D eigenvalue weighted by Crippen LogP contribution is -2.51. The fourth-order valence-electron chi connectivity index (χ4n) is 9.45. The third-order valence-electron chi connectivity index (χ3n) is 12.4. The normalized spacial score (nSPS) is 20.9. The van der Waals surface area contributed by atoms with Crippen molar-refractivity contribution in [3.63, 3.8) is 0 Å². The van der Waals surface area contributed by atoms with Gasteiger partial charge in [-0.2, -0.15) is 0 Å². The van der Waals surface area contributed by atoms with Crippen molar-refractivity contribution in [3.05, 3.63) is 95.3 Å². The van der Waals surface area contributed by atoms with Crippen LogP contribution in [0.2, 0.25) is 0 Å². The van der Waals surface area contributed by atoms with Crippen LogP contribution >= 0.6 is 0 Å². The number of ether oxygens (including phenoxy) is 3. The highest BCUT2D eigenvalue weighted by Crippen LogP contribution is 2.51. The number of aromatic nitrogens is 4. The molecule has 0 aliphatic carbocycles. The number of hydrogen-bond donors (Lipinski definition) is 4. The molecule has 312 valence electrons. The molecule has 14 heteroatoms. The summed E-state index contributed by atoms with van der Waals surface area (Å²) in [6.07, 6.45) is 4.50. The van der Waals surface area contributed by atoms with E-state index in [2.05, 4.69) is 54.3 Å². The van der Waals surface area contributed by atoms with Gasteiger partial charge in [-0.25, -0.2) is 14.8 Å². The third-order valence-corrected chi connectivity index (χ3v) is 12.4. The molecule has 4 aliphatic heterocycles. The summed E-state index contributed by atoms with van der Waals surface area (Å²) in [7, 11) is 1.29. The number of nitrogens with zero attached hydrogens (tertiary/aromatic N) is 4. The molecule has 2 saturated heterocycles. The Bertz CT molecular complexity index is 2420. The monoisotopic (exact) mass is 812 g/mol. The van der Waals surface area contributed by atoms with Crippen molar-refractivity contribution in [2.45, 2.75) is 84.8 Å². The number of methoxy groups -OCH3 is 1. The molecule has 0 bridgehead atoms. The van der Waals surface area contributed by atoms with E-state index in [1.165, 1.54) is 7.11 Å². The topological polar surface area (TPSA) is 181 Å². The Labute approximate surface area is 349 Å². The summed E-state index contributed by atoms with van der Waals surface area (Å²) < 4.78 is 17.8. The van der Waals surface area contributed by atoms with E-state index in [0.29, 0.717) is 44.5 Å². The molecule has 0 spiro atoms. The van der Waals surface area contributed by atoms with E-state index >= 15 is 0 Å². The van der Waals surface area contributed by atoms with E-state index in [-0.39, 0.29) is 35.2 Å². The Balaban J connectivity index is 0.960. The predicted octanol–water partition coefficient (Wildman–Crippen LogP) is 7.21. The Hall–Kier alpha value is -6.15. The van der Waals surface area contributed by atoms with E-state index in [1.54, 1.807) is 6.20 Å². The number of alkyl carbamates (subject to hydrolysis) is 1. The Morgan fingerprint density at radius 3 is 2.02 bits per heavy atom. The number of likely N-dealkylation sites (tertiary alicyclic amines) is 2. The van der Waals surface area contributed by atoms with Gasteiger partial charge in [-0.3, -0.25) is 9.59 Å². The number of imidazole rings is 2. The molecule has 0 saturated carbocycles. The number of nitrogens with one attached hydrogen (secondary N) is 3. The fraction of sp³-hybridized carbons (Fsp3) is 0.413. The lowest BCUT2D eigenvalue weighted by Gasteiger charge is -2.30. The number of hydrogen-bond acceptors (Lipinski definition) is 9. The second-order valence-corrected chi connectivity index (χ2v) is 17.9. The lowest BCUT2D eigenvalue weighted by atomic mass is 9.87. The first-order valence-electron chi connectivity index (χ1n) is 20.7. The number of rotatable bonds is 9. The fourth-order valence-corrected chi connectivity index (χ4v) is 9.45. The van der Waals surface area contributed by atoms with E-state index in [0.717, 1.165) is 74.1 Å². The zero-order valence-corrected chi connectivity index (χ0v) is 34.9. The molecular formula is C46H52N8O6. The Morgan fingerprint density at radius 1 is 0.867 bits per heavy atom. The van der Waals surface area contributed by atoms with Gasteiger partial charge < -0.3 is 45.0 Å². The number of benzene rings is 3. The van der Waals surface area contributed by atoms with Gasteiger partial charge in [0.25, 0.3) is 0 Å². The standard InChI is InChI=1S/C46H52N8O6/c1-24(2)40(52-45(57)58-6)44(56)54-23-46(4,5)17-34(54)42-49-19-32(51-42)28-14-30-22-59-35-15-27(13-29-21-60-36(16-28)38(30)37(29)35)31-18-48-41(50-31)33-12-25(3)20-53(33)43(55)39(47)26-10-8-7-9-11-26/h7-11,13-16,18-19,24-25,33-34,39-40H,12,17,20-23,47H2,1-6H3,(H,48,50)(H,49,51)(H,52,57)/t25-,33-,34-,39+,40-/m0/s1. The molecule has 5 atom stereocenters. The van der Waals surface area contributed by atoms with Crippen LogP contribution < -0.4 is 20.5 Å². The van der Waals surface area contributed by atoms with Crippen molar-refractivity contribution in [2.75, 3.05) is 20.2 Å². The van der Waals surface area contributed by atoms with Crippen LogP contribution in [-0.2, 0) is 27.5 Å². The molecule has 5 N–H and O–H groups in total. The molecule has 9 rings (SSSR count). The first-order valence-corrected chi connectivity index (χ1v) is 20.7. The highest BCUT2D eigenvalue weighted by Gasteiger charge is 2.45. The zero-order valence-electron chi connectivity index (χ0n) is 34.9. The smallest absolute Gasteiger partial charge is 0.407 e. The minimum absolute atomic E-state index is 0.106. The first kappa shape index (κ1) is 39.3. The van der Waals surface area contributed by atoms with Gasteiger partial charge in [0.15, 0.2) is 0 Å². The maximum atomic E-state index is 14.0. The summed E-state index contributed by atoms with van der Waals surface area (Å²) >= 11 is 0. The molecule has 60 heavy (non-hydrogen) atoms. The molecule has 2 aromatic heterocycles. The molecule has 6 heterocycles. The maximum Gasteiger partial charge on any atom is 0.407 e. The summed E-state index contributed by atoms with van der Waals surface area (Å²) in [5.41, 5.74) is 14.6. The number of carbonyl (C=O) groups excluding carboxylic acids is 3. The SMILES string of the molecule is COC(=O)N[C@H](C(=O)N1CC(C)(C)C[C@H]1c1ncc(-c2cc3c4c(c2)OCc2cc(-c5cnc([C@@H]6C[C@H](C)CN6C(=O)[C@H](N)c6ccccc6)[nH]5)cc(c2-4)OC3)[nH]1)C(C)C. The van der Waals surface area contributed by atoms with E-state index in [9.17, 15) is 14.4 Å². The van der Waals surface area contributed by atoms with Crippen molar-refractivity contribution in [1.82, 2.24) is 35.1 Å². The van der Waals surface area contributed by atoms with Gasteiger partial charge >= 0.3 is 6.09 Å². The van der Waals surface area contributed by atoms with Crippen LogP contribution in [0.5, 0.6) is 11.5 Å². The van der Waals surface area contributed by atoms with Crippen LogP contribution in [0, 0.1) is 17.3 Å². The van der Waals surface area contributed by atoms with Gasteiger partial charge in [-0.15, -0.1) is 0 Å². The second-order valence-electron chi connectivity index (χ2n) is 17.9. The molecule has 3 amide bonds. The summed E-state index contributed by atoms with van der Waals surface area (Å²) in [5.74, 6) is 2.87. The minimum atomic E-state index is -0.741. The molecule has 2 fully saturated rings. The summed E-state index contributed by atoms with van der Waals surface area (Å²) in [4.78, 5) is 60.2. The number of amides is 3. The van der Waals surface area contributed by atoms with Gasteiger partial charge in [-0.1, -0.05) is 65.0 Å². The average Bonchev–Trinajstić information content (AvgIpc) is 4.07. The number of nitrogens with two attached hydrogens (primary N) is 1. The minimum Gasteiger partial charge on any atom is -0.488 e. The summed E-state index contributed by atoms with van der Waals surface area (Å²) in [6, 6.07) is 15.8. The van der Waals surface area contributed by atoms with Gasteiger partial charge in [0.05, 0.1) is 43.0 Å². The number of aromatic amines is 2. The lowest BCUT2D eigenvalue weighted by molar-refractivity contribution is -0.136. The van der Waals surface area contributed by atoms with Gasteiger partial charge in [-0.05, 0) is 59.9 Å². The number of carbonyl (C=O) groups is 3. The van der Waals surface area contributed by atoms with Crippen LogP contribution in [0.15, 0.2) is 67.0 Å². The third kappa shape index (κ3) is 7.06. The van der Waals surface area contributed by atoms with Gasteiger partial charge in [0.2, 0.25) is 11.8 Å². The van der Waals surface area contributed by atoms with Crippen LogP contribution in [0.4, 0.5) is 4.79 Å². The van der Waals surface area contributed by atoms with Crippen LogP contribution in [0.25, 0.3) is 33.6 Å². The first-order chi connectivity index (χ1) is 28.8. The van der Waals surface area contributed by atoms with E-state index in [1.807, 2.05) is 66.2 Å². The van der Waals surface area contributed by atoms with E-state index in [4.69, 9.17) is 29.9 Å². The maximum absolute atomic E-state index is 14.0. The molecular weight excluding hydrogens is 761 g/mol. The van der Waals surface area contributed by atoms with E-state index < -0.39 is 18.2 Å². The van der Waals surface area contributed by atoms with Gasteiger partial charge in [0.1, 0.15) is 48.4 Å². The van der Waals surface area contributed by atoms with Crippen molar-refractivity contribution in [3.8, 4) is 45.1 Å².